The molecule has 0 bridgehead atoms. The molecular weight excluding hydrogens is 190 g/mol. The summed E-state index contributed by atoms with van der Waals surface area (Å²) in [6.07, 6.45) is 7.08. The van der Waals surface area contributed by atoms with Gasteiger partial charge in [0.15, 0.2) is 0 Å². The summed E-state index contributed by atoms with van der Waals surface area (Å²) in [5.41, 5.74) is 1.09. The van der Waals surface area contributed by atoms with E-state index in [2.05, 4.69) is 23.9 Å². The van der Waals surface area contributed by atoms with E-state index in [1.165, 1.54) is 4.90 Å². The van der Waals surface area contributed by atoms with Crippen LogP contribution in [0.3, 0.4) is 0 Å². The second-order valence-electron chi connectivity index (χ2n) is 2.65. The molecule has 0 radical (unpaired) electrons. The van der Waals surface area contributed by atoms with Crippen LogP contribution in [0.2, 0.25) is 0 Å². The van der Waals surface area contributed by atoms with Gasteiger partial charge in [-0.1, -0.05) is 24.1 Å². The van der Waals surface area contributed by atoms with Crippen LogP contribution in [0, 0.1) is 12.3 Å². The standard InChI is InChI=1S/C12H13NS/c1-3-9-13-11-7-5-6-8-12(11)14-10-4-2/h1,4-8,13H,2,9-10H2. The van der Waals surface area contributed by atoms with Gasteiger partial charge in [0.25, 0.3) is 0 Å². The number of benzene rings is 1. The van der Waals surface area contributed by atoms with Crippen LogP contribution in [0.25, 0.3) is 0 Å². The SMILES string of the molecule is C#CCNc1ccccc1SCC=C. The van der Waals surface area contributed by atoms with Crippen LogP contribution >= 0.6 is 11.8 Å². The molecule has 1 rings (SSSR count). The number of nitrogens with one attached hydrogen (secondary N) is 1. The van der Waals surface area contributed by atoms with Gasteiger partial charge in [0.05, 0.1) is 6.54 Å². The monoisotopic (exact) mass is 203 g/mol. The van der Waals surface area contributed by atoms with Gasteiger partial charge in [-0.2, -0.15) is 0 Å². The Morgan fingerprint density at radius 3 is 3.00 bits per heavy atom. The molecule has 0 saturated heterocycles. The molecule has 1 aromatic carbocycles. The van der Waals surface area contributed by atoms with Crippen molar-refractivity contribution in [3.63, 3.8) is 0 Å². The minimum atomic E-state index is 0.561. The molecule has 0 spiro atoms. The summed E-state index contributed by atoms with van der Waals surface area (Å²) in [5.74, 6) is 3.47. The highest BCUT2D eigenvalue weighted by molar-refractivity contribution is 7.99. The minimum absolute atomic E-state index is 0.561. The van der Waals surface area contributed by atoms with Gasteiger partial charge in [-0.25, -0.2) is 0 Å². The summed E-state index contributed by atoms with van der Waals surface area (Å²) in [5, 5.41) is 3.18. The number of terminal acetylenes is 1. The third-order valence-electron chi connectivity index (χ3n) is 1.62. The van der Waals surface area contributed by atoms with Gasteiger partial charge >= 0.3 is 0 Å². The highest BCUT2D eigenvalue weighted by atomic mass is 32.2. The summed E-state index contributed by atoms with van der Waals surface area (Å²) in [4.78, 5) is 1.21. The van der Waals surface area contributed by atoms with Crippen LogP contribution in [0.1, 0.15) is 0 Å². The van der Waals surface area contributed by atoms with E-state index in [1.54, 1.807) is 11.8 Å². The van der Waals surface area contributed by atoms with Crippen molar-refractivity contribution in [2.24, 2.45) is 0 Å². The van der Waals surface area contributed by atoms with Gasteiger partial charge < -0.3 is 5.32 Å². The van der Waals surface area contributed by atoms with Crippen molar-refractivity contribution in [1.82, 2.24) is 0 Å². The van der Waals surface area contributed by atoms with E-state index in [0.717, 1.165) is 11.4 Å². The predicted octanol–water partition coefficient (Wildman–Crippen LogP) is 3.01. The lowest BCUT2D eigenvalue weighted by Gasteiger charge is -2.08. The molecule has 2 heteroatoms. The van der Waals surface area contributed by atoms with Crippen LogP contribution in [0.5, 0.6) is 0 Å². The maximum atomic E-state index is 5.19. The van der Waals surface area contributed by atoms with Gasteiger partial charge in [-0.3, -0.25) is 0 Å². The van der Waals surface area contributed by atoms with Crippen LogP contribution < -0.4 is 5.32 Å². The van der Waals surface area contributed by atoms with Gasteiger partial charge in [0.1, 0.15) is 0 Å². The van der Waals surface area contributed by atoms with Crippen molar-refractivity contribution in [3.8, 4) is 12.3 Å². The molecule has 0 atom stereocenters. The van der Waals surface area contributed by atoms with E-state index < -0.39 is 0 Å². The van der Waals surface area contributed by atoms with Crippen LogP contribution in [0.4, 0.5) is 5.69 Å². The average Bonchev–Trinajstić information content (AvgIpc) is 2.24. The largest absolute Gasteiger partial charge is 0.373 e. The van der Waals surface area contributed by atoms with Gasteiger partial charge in [-0.05, 0) is 12.1 Å². The molecule has 0 aliphatic carbocycles. The van der Waals surface area contributed by atoms with Crippen molar-refractivity contribution in [1.29, 1.82) is 0 Å². The third-order valence-corrected chi connectivity index (χ3v) is 2.69. The third kappa shape index (κ3) is 3.20. The molecule has 0 heterocycles. The van der Waals surface area contributed by atoms with E-state index >= 15 is 0 Å². The molecule has 0 saturated carbocycles. The van der Waals surface area contributed by atoms with E-state index in [9.17, 15) is 0 Å². The quantitative estimate of drug-likeness (QED) is 0.448. The molecule has 14 heavy (non-hydrogen) atoms. The van der Waals surface area contributed by atoms with E-state index in [4.69, 9.17) is 6.42 Å². The summed E-state index contributed by atoms with van der Waals surface area (Å²) in [7, 11) is 0. The summed E-state index contributed by atoms with van der Waals surface area (Å²) < 4.78 is 0. The molecule has 0 fully saturated rings. The highest BCUT2D eigenvalue weighted by Crippen LogP contribution is 2.26. The van der Waals surface area contributed by atoms with E-state index in [1.807, 2.05) is 24.3 Å². The Morgan fingerprint density at radius 1 is 1.50 bits per heavy atom. The van der Waals surface area contributed by atoms with Crippen molar-refractivity contribution in [3.05, 3.63) is 36.9 Å². The predicted molar refractivity (Wildman–Crippen MR) is 64.7 cm³/mol. The minimum Gasteiger partial charge on any atom is -0.373 e. The summed E-state index contributed by atoms with van der Waals surface area (Å²) >= 11 is 1.75. The molecule has 1 N–H and O–H groups in total. The smallest absolute Gasteiger partial charge is 0.0763 e. The maximum absolute atomic E-state index is 5.19. The zero-order valence-corrected chi connectivity index (χ0v) is 8.81. The van der Waals surface area contributed by atoms with Crippen molar-refractivity contribution < 1.29 is 0 Å². The number of thioether (sulfide) groups is 1. The Labute approximate surface area is 89.6 Å². The molecular formula is C12H13NS. The second kappa shape index (κ2) is 6.17. The number of rotatable bonds is 5. The Balaban J connectivity index is 2.70. The van der Waals surface area contributed by atoms with E-state index in [-0.39, 0.29) is 0 Å². The number of anilines is 1. The fraction of sp³-hybridized carbons (Fsp3) is 0.167. The topological polar surface area (TPSA) is 12.0 Å². The number of hydrogen-bond acceptors (Lipinski definition) is 2. The summed E-state index contributed by atoms with van der Waals surface area (Å²) in [6.45, 7) is 4.26. The molecule has 0 aliphatic rings. The first-order valence-corrected chi connectivity index (χ1v) is 5.37. The maximum Gasteiger partial charge on any atom is 0.0763 e. The molecule has 0 unspecified atom stereocenters. The summed E-state index contributed by atoms with van der Waals surface area (Å²) in [6, 6.07) is 8.12. The molecule has 0 amide bonds. The van der Waals surface area contributed by atoms with Crippen LogP contribution in [-0.4, -0.2) is 12.3 Å². The Kier molecular flexibility index (Phi) is 4.74. The van der Waals surface area contributed by atoms with Crippen molar-refractivity contribution in [2.45, 2.75) is 4.90 Å². The van der Waals surface area contributed by atoms with Gasteiger partial charge in [0.2, 0.25) is 0 Å². The average molecular weight is 203 g/mol. The van der Waals surface area contributed by atoms with E-state index in [0.29, 0.717) is 6.54 Å². The molecule has 0 aliphatic heterocycles. The fourth-order valence-corrected chi connectivity index (χ4v) is 1.80. The molecule has 72 valence electrons. The van der Waals surface area contributed by atoms with Crippen LogP contribution in [-0.2, 0) is 0 Å². The second-order valence-corrected chi connectivity index (χ2v) is 3.72. The molecule has 1 aromatic rings. The first-order valence-electron chi connectivity index (χ1n) is 4.38. The Morgan fingerprint density at radius 2 is 2.29 bits per heavy atom. The Hall–Kier alpha value is -1.33. The molecule has 1 nitrogen and oxygen atoms in total. The Bertz CT molecular complexity index is 338. The first-order chi connectivity index (χ1) is 6.88. The lowest BCUT2D eigenvalue weighted by atomic mass is 10.3. The zero-order chi connectivity index (χ0) is 10.2. The molecule has 0 aromatic heterocycles. The van der Waals surface area contributed by atoms with Gasteiger partial charge in [-0.15, -0.1) is 24.8 Å². The number of hydrogen-bond donors (Lipinski definition) is 1. The zero-order valence-electron chi connectivity index (χ0n) is 7.99. The van der Waals surface area contributed by atoms with Crippen molar-refractivity contribution >= 4 is 17.4 Å². The van der Waals surface area contributed by atoms with Gasteiger partial charge in [0, 0.05) is 16.3 Å². The lowest BCUT2D eigenvalue weighted by molar-refractivity contribution is 1.31. The highest BCUT2D eigenvalue weighted by Gasteiger charge is 1.98. The first kappa shape index (κ1) is 10.7. The van der Waals surface area contributed by atoms with Crippen LogP contribution in [0.15, 0.2) is 41.8 Å². The van der Waals surface area contributed by atoms with Crippen molar-refractivity contribution in [2.75, 3.05) is 17.6 Å². The normalized spacial score (nSPS) is 9.07. The number of para-hydroxylation sites is 1. The fourth-order valence-electron chi connectivity index (χ4n) is 1.03. The lowest BCUT2D eigenvalue weighted by Crippen LogP contribution is -1.99.